The molecular weight excluding hydrogens is 363 g/mol. The lowest BCUT2D eigenvalue weighted by Gasteiger charge is -2.39. The maximum absolute atomic E-state index is 14.2. The molecule has 2 aliphatic rings. The van der Waals surface area contributed by atoms with Crippen molar-refractivity contribution in [1.82, 2.24) is 9.80 Å². The van der Waals surface area contributed by atoms with E-state index >= 15 is 0 Å². The normalized spacial score (nSPS) is 23.3. The Labute approximate surface area is 163 Å². The summed E-state index contributed by atoms with van der Waals surface area (Å²) in [4.78, 5) is 18.9. The van der Waals surface area contributed by atoms with Gasteiger partial charge in [-0.05, 0) is 55.5 Å². The Hall–Kier alpha value is -1.92. The SMILES string of the molecule is COc1ccc(F)c(CN2CCCC3(CCN(Cc4cccs4)C3)C2=O)c1. The molecule has 3 heterocycles. The van der Waals surface area contributed by atoms with Crippen LogP contribution in [0.3, 0.4) is 0 Å². The van der Waals surface area contributed by atoms with Crippen molar-refractivity contribution in [3.8, 4) is 5.75 Å². The zero-order valence-electron chi connectivity index (χ0n) is 15.6. The number of thiophene rings is 1. The molecule has 27 heavy (non-hydrogen) atoms. The number of methoxy groups -OCH3 is 1. The molecule has 2 aromatic rings. The van der Waals surface area contributed by atoms with Crippen LogP contribution in [0.4, 0.5) is 4.39 Å². The molecule has 1 amide bonds. The highest BCUT2D eigenvalue weighted by Gasteiger charge is 2.48. The van der Waals surface area contributed by atoms with Gasteiger partial charge in [-0.15, -0.1) is 11.3 Å². The van der Waals surface area contributed by atoms with Gasteiger partial charge in [-0.3, -0.25) is 9.69 Å². The zero-order chi connectivity index (χ0) is 18.9. The van der Waals surface area contributed by atoms with Crippen LogP contribution in [0.15, 0.2) is 35.7 Å². The predicted molar refractivity (Wildman–Crippen MR) is 104 cm³/mol. The van der Waals surface area contributed by atoms with E-state index in [1.165, 1.54) is 10.9 Å². The van der Waals surface area contributed by atoms with E-state index in [9.17, 15) is 9.18 Å². The van der Waals surface area contributed by atoms with E-state index in [-0.39, 0.29) is 17.1 Å². The average molecular weight is 389 g/mol. The van der Waals surface area contributed by atoms with Gasteiger partial charge < -0.3 is 9.64 Å². The number of nitrogens with zero attached hydrogens (tertiary/aromatic N) is 2. The zero-order valence-corrected chi connectivity index (χ0v) is 16.4. The maximum Gasteiger partial charge on any atom is 0.230 e. The molecule has 6 heteroatoms. The molecule has 0 aliphatic carbocycles. The van der Waals surface area contributed by atoms with E-state index < -0.39 is 0 Å². The van der Waals surface area contributed by atoms with Crippen LogP contribution in [0.1, 0.15) is 29.7 Å². The third-order valence-corrected chi connectivity index (χ3v) is 6.69. The van der Waals surface area contributed by atoms with Crippen molar-refractivity contribution in [3.05, 3.63) is 52.0 Å². The lowest BCUT2D eigenvalue weighted by atomic mass is 9.78. The van der Waals surface area contributed by atoms with Crippen LogP contribution in [0.2, 0.25) is 0 Å². The molecule has 1 unspecified atom stereocenters. The summed E-state index contributed by atoms with van der Waals surface area (Å²) in [5, 5.41) is 2.09. The number of likely N-dealkylation sites (tertiary alicyclic amines) is 2. The quantitative estimate of drug-likeness (QED) is 0.779. The highest BCUT2D eigenvalue weighted by molar-refractivity contribution is 7.09. The number of piperidine rings is 1. The monoisotopic (exact) mass is 388 g/mol. The summed E-state index contributed by atoms with van der Waals surface area (Å²) in [6.45, 7) is 3.68. The van der Waals surface area contributed by atoms with Crippen LogP contribution in [0.5, 0.6) is 5.75 Å². The molecule has 144 valence electrons. The minimum absolute atomic E-state index is 0.185. The molecule has 1 spiro atoms. The molecule has 1 aromatic heterocycles. The summed E-state index contributed by atoms with van der Waals surface area (Å²) in [5.74, 6) is 0.521. The van der Waals surface area contributed by atoms with E-state index in [2.05, 4.69) is 22.4 Å². The molecule has 2 aliphatic heterocycles. The Balaban J connectivity index is 1.47. The van der Waals surface area contributed by atoms with Crippen LogP contribution in [-0.4, -0.2) is 42.5 Å². The summed E-state index contributed by atoms with van der Waals surface area (Å²) >= 11 is 1.76. The van der Waals surface area contributed by atoms with E-state index in [1.807, 2.05) is 4.90 Å². The van der Waals surface area contributed by atoms with Crippen molar-refractivity contribution < 1.29 is 13.9 Å². The first-order valence-corrected chi connectivity index (χ1v) is 10.3. The highest BCUT2D eigenvalue weighted by Crippen LogP contribution is 2.41. The lowest BCUT2D eigenvalue weighted by Crippen LogP contribution is -2.49. The molecule has 1 aromatic carbocycles. The van der Waals surface area contributed by atoms with Gasteiger partial charge >= 0.3 is 0 Å². The van der Waals surface area contributed by atoms with Gasteiger partial charge in [0.1, 0.15) is 11.6 Å². The maximum atomic E-state index is 14.2. The van der Waals surface area contributed by atoms with Crippen molar-refractivity contribution in [2.45, 2.75) is 32.4 Å². The first-order chi connectivity index (χ1) is 13.1. The van der Waals surface area contributed by atoms with Crippen LogP contribution >= 0.6 is 11.3 Å². The summed E-state index contributed by atoms with van der Waals surface area (Å²) in [6.07, 6.45) is 2.81. The molecule has 0 N–H and O–H groups in total. The molecule has 4 rings (SSSR count). The first-order valence-electron chi connectivity index (χ1n) is 9.46. The van der Waals surface area contributed by atoms with Gasteiger partial charge in [-0.2, -0.15) is 0 Å². The second-order valence-electron chi connectivity index (χ2n) is 7.61. The van der Waals surface area contributed by atoms with Crippen LogP contribution in [-0.2, 0) is 17.9 Å². The van der Waals surface area contributed by atoms with E-state index in [1.54, 1.807) is 30.6 Å². The van der Waals surface area contributed by atoms with E-state index in [0.29, 0.717) is 24.4 Å². The molecular formula is C21H25FN2O2S. The predicted octanol–water partition coefficient (Wildman–Crippen LogP) is 3.91. The van der Waals surface area contributed by atoms with Crippen molar-refractivity contribution >= 4 is 17.2 Å². The standard InChI is InChI=1S/C21H25FN2O2S/c1-26-17-5-6-19(22)16(12-17)13-24-9-3-7-21(20(24)25)8-10-23(15-21)14-18-4-2-11-27-18/h2,4-6,11-12H,3,7-10,13-15H2,1H3. The number of carbonyl (C=O) groups is 1. The Morgan fingerprint density at radius 2 is 2.11 bits per heavy atom. The lowest BCUT2D eigenvalue weighted by molar-refractivity contribution is -0.146. The Kier molecular flexibility index (Phi) is 5.19. The third kappa shape index (κ3) is 3.73. The van der Waals surface area contributed by atoms with Crippen molar-refractivity contribution in [3.63, 3.8) is 0 Å². The van der Waals surface area contributed by atoms with Gasteiger partial charge in [0.25, 0.3) is 0 Å². The molecule has 1 atom stereocenters. The number of halogens is 1. The summed E-state index contributed by atoms with van der Waals surface area (Å²) in [7, 11) is 1.57. The number of ether oxygens (including phenoxy) is 1. The van der Waals surface area contributed by atoms with Crippen molar-refractivity contribution in [2.24, 2.45) is 5.41 Å². The third-order valence-electron chi connectivity index (χ3n) is 5.83. The summed E-state index contributed by atoms with van der Waals surface area (Å²) in [6, 6.07) is 8.94. The molecule has 0 bridgehead atoms. The van der Waals surface area contributed by atoms with Crippen molar-refractivity contribution in [2.75, 3.05) is 26.7 Å². The van der Waals surface area contributed by atoms with Crippen LogP contribution in [0, 0.1) is 11.2 Å². The molecule has 0 saturated carbocycles. The number of hydrogen-bond donors (Lipinski definition) is 0. The molecule has 0 radical (unpaired) electrons. The molecule has 2 fully saturated rings. The van der Waals surface area contributed by atoms with Gasteiger partial charge in [0.15, 0.2) is 0 Å². The number of hydrogen-bond acceptors (Lipinski definition) is 4. The minimum atomic E-state index is -0.301. The van der Waals surface area contributed by atoms with E-state index in [0.717, 1.165) is 38.9 Å². The minimum Gasteiger partial charge on any atom is -0.497 e. The fourth-order valence-electron chi connectivity index (χ4n) is 4.40. The first kappa shape index (κ1) is 18.4. The number of rotatable bonds is 5. The van der Waals surface area contributed by atoms with Gasteiger partial charge in [0.2, 0.25) is 5.91 Å². The largest absolute Gasteiger partial charge is 0.497 e. The van der Waals surface area contributed by atoms with Gasteiger partial charge in [-0.1, -0.05) is 6.07 Å². The Bertz CT molecular complexity index is 811. The second-order valence-corrected chi connectivity index (χ2v) is 8.64. The Morgan fingerprint density at radius 1 is 1.22 bits per heavy atom. The van der Waals surface area contributed by atoms with Crippen molar-refractivity contribution in [1.29, 1.82) is 0 Å². The van der Waals surface area contributed by atoms with Gasteiger partial charge in [-0.25, -0.2) is 4.39 Å². The average Bonchev–Trinajstić information content (AvgIpc) is 3.32. The van der Waals surface area contributed by atoms with Crippen LogP contribution in [0.25, 0.3) is 0 Å². The van der Waals surface area contributed by atoms with Gasteiger partial charge in [0.05, 0.1) is 12.5 Å². The number of benzene rings is 1. The van der Waals surface area contributed by atoms with Crippen LogP contribution < -0.4 is 4.74 Å². The Morgan fingerprint density at radius 3 is 2.89 bits per heavy atom. The number of carbonyl (C=O) groups excluding carboxylic acids is 1. The van der Waals surface area contributed by atoms with E-state index in [4.69, 9.17) is 4.74 Å². The van der Waals surface area contributed by atoms with Gasteiger partial charge in [0, 0.05) is 36.6 Å². The second kappa shape index (κ2) is 7.60. The molecule has 4 nitrogen and oxygen atoms in total. The smallest absolute Gasteiger partial charge is 0.230 e. The molecule has 2 saturated heterocycles. The topological polar surface area (TPSA) is 32.8 Å². The number of amides is 1. The summed E-state index contributed by atoms with van der Waals surface area (Å²) in [5.41, 5.74) is 0.221. The summed E-state index contributed by atoms with van der Waals surface area (Å²) < 4.78 is 19.4. The highest BCUT2D eigenvalue weighted by atomic mass is 32.1. The fourth-order valence-corrected chi connectivity index (χ4v) is 5.15. The fraction of sp³-hybridized carbons (Fsp3) is 0.476.